The standard InChI is InChI=1S/C32H49F3N2O/c1-3-5-7-8-9-10-11-12-13-14-15-22-31(38)37(23-16-6-4-2)27-30-21-18-24-36(30)26-28-19-17-20-29(25-28)32(33,34)35/h17-21,24-25H,3-16,22-23,26-27H2,1-2H3. The van der Waals surface area contributed by atoms with Gasteiger partial charge in [0.05, 0.1) is 12.1 Å². The molecule has 2 aromatic rings. The Morgan fingerprint density at radius 1 is 0.789 bits per heavy atom. The van der Waals surface area contributed by atoms with Gasteiger partial charge in [-0.1, -0.05) is 103 Å². The quantitative estimate of drug-likeness (QED) is 0.155. The SMILES string of the molecule is CCCCCCCCCCCCCC(=O)N(CCCCC)Cc1cccn1Cc1cccc(C(F)(F)F)c1. The van der Waals surface area contributed by atoms with Crippen molar-refractivity contribution in [3.63, 3.8) is 0 Å². The fourth-order valence-corrected chi connectivity index (χ4v) is 4.93. The van der Waals surface area contributed by atoms with E-state index in [1.807, 2.05) is 27.8 Å². The van der Waals surface area contributed by atoms with Crippen LogP contribution in [0.3, 0.4) is 0 Å². The highest BCUT2D eigenvalue weighted by Gasteiger charge is 2.30. The zero-order chi connectivity index (χ0) is 27.6. The van der Waals surface area contributed by atoms with Gasteiger partial charge in [-0.05, 0) is 42.7 Å². The number of unbranched alkanes of at least 4 members (excludes halogenated alkanes) is 12. The molecule has 0 N–H and O–H groups in total. The van der Waals surface area contributed by atoms with Crippen LogP contribution in [0, 0.1) is 0 Å². The summed E-state index contributed by atoms with van der Waals surface area (Å²) in [5, 5.41) is 0. The molecular formula is C32H49F3N2O. The third-order valence-electron chi connectivity index (χ3n) is 7.26. The molecule has 1 amide bonds. The van der Waals surface area contributed by atoms with E-state index in [1.54, 1.807) is 6.07 Å². The molecule has 0 bridgehead atoms. The summed E-state index contributed by atoms with van der Waals surface area (Å²) in [6, 6.07) is 9.35. The maximum atomic E-state index is 13.1. The molecule has 0 saturated carbocycles. The van der Waals surface area contributed by atoms with Gasteiger partial charge in [0.1, 0.15) is 0 Å². The topological polar surface area (TPSA) is 25.2 Å². The van der Waals surface area contributed by atoms with Crippen LogP contribution in [-0.4, -0.2) is 21.9 Å². The van der Waals surface area contributed by atoms with Crippen LogP contribution in [0.2, 0.25) is 0 Å². The molecule has 0 radical (unpaired) electrons. The highest BCUT2D eigenvalue weighted by Crippen LogP contribution is 2.29. The Kier molecular flexibility index (Phi) is 15.2. The van der Waals surface area contributed by atoms with Gasteiger partial charge in [0, 0.05) is 31.4 Å². The second-order valence-electron chi connectivity index (χ2n) is 10.6. The summed E-state index contributed by atoms with van der Waals surface area (Å²) in [6.45, 7) is 5.96. The summed E-state index contributed by atoms with van der Waals surface area (Å²) in [5.74, 6) is 0.184. The van der Waals surface area contributed by atoms with Crippen molar-refractivity contribution in [2.24, 2.45) is 0 Å². The highest BCUT2D eigenvalue weighted by atomic mass is 19.4. The predicted octanol–water partition coefficient (Wildman–Crippen LogP) is 9.78. The van der Waals surface area contributed by atoms with Crippen molar-refractivity contribution in [1.29, 1.82) is 0 Å². The first-order valence-electron chi connectivity index (χ1n) is 14.9. The number of carbonyl (C=O) groups excluding carboxylic acids is 1. The van der Waals surface area contributed by atoms with Crippen molar-refractivity contribution >= 4 is 5.91 Å². The van der Waals surface area contributed by atoms with E-state index in [4.69, 9.17) is 0 Å². The molecule has 0 atom stereocenters. The Labute approximate surface area is 228 Å². The minimum absolute atomic E-state index is 0.184. The molecule has 1 heterocycles. The molecule has 1 aromatic heterocycles. The number of hydrogen-bond donors (Lipinski definition) is 0. The highest BCUT2D eigenvalue weighted by molar-refractivity contribution is 5.76. The first-order valence-corrected chi connectivity index (χ1v) is 14.9. The minimum Gasteiger partial charge on any atom is -0.345 e. The van der Waals surface area contributed by atoms with Crippen molar-refractivity contribution in [3.05, 3.63) is 59.4 Å². The van der Waals surface area contributed by atoms with Gasteiger partial charge < -0.3 is 9.47 Å². The Hall–Kier alpha value is -2.24. The Bertz CT molecular complexity index is 906. The zero-order valence-corrected chi connectivity index (χ0v) is 23.7. The monoisotopic (exact) mass is 534 g/mol. The van der Waals surface area contributed by atoms with Crippen LogP contribution >= 0.6 is 0 Å². The van der Waals surface area contributed by atoms with E-state index in [0.29, 0.717) is 25.1 Å². The van der Waals surface area contributed by atoms with Gasteiger partial charge in [-0.2, -0.15) is 13.2 Å². The summed E-state index contributed by atoms with van der Waals surface area (Å²) in [6.07, 6.45) is 15.0. The predicted molar refractivity (Wildman–Crippen MR) is 151 cm³/mol. The molecule has 0 aliphatic carbocycles. The summed E-state index contributed by atoms with van der Waals surface area (Å²) >= 11 is 0. The normalized spacial score (nSPS) is 11.7. The molecule has 1 aromatic carbocycles. The third kappa shape index (κ3) is 12.5. The summed E-state index contributed by atoms with van der Waals surface area (Å²) in [5.41, 5.74) is 0.917. The lowest BCUT2D eigenvalue weighted by Crippen LogP contribution is -2.32. The zero-order valence-electron chi connectivity index (χ0n) is 23.7. The Morgan fingerprint density at radius 2 is 1.39 bits per heavy atom. The van der Waals surface area contributed by atoms with Crippen molar-refractivity contribution in [2.75, 3.05) is 6.54 Å². The largest absolute Gasteiger partial charge is 0.416 e. The molecule has 0 aliphatic heterocycles. The van der Waals surface area contributed by atoms with E-state index >= 15 is 0 Å². The fraction of sp³-hybridized carbons (Fsp3) is 0.656. The van der Waals surface area contributed by atoms with Crippen LogP contribution in [0.25, 0.3) is 0 Å². The minimum atomic E-state index is -4.35. The van der Waals surface area contributed by atoms with Gasteiger partial charge in [0.2, 0.25) is 5.91 Å². The van der Waals surface area contributed by atoms with Crippen LogP contribution in [0.15, 0.2) is 42.6 Å². The lowest BCUT2D eigenvalue weighted by atomic mass is 10.0. The molecule has 0 fully saturated rings. The average molecular weight is 535 g/mol. The number of nitrogens with zero attached hydrogens (tertiary/aromatic N) is 2. The molecule has 6 heteroatoms. The van der Waals surface area contributed by atoms with Gasteiger partial charge in [0.15, 0.2) is 0 Å². The Morgan fingerprint density at radius 3 is 2.03 bits per heavy atom. The van der Waals surface area contributed by atoms with Crippen LogP contribution < -0.4 is 0 Å². The number of benzene rings is 1. The van der Waals surface area contributed by atoms with Gasteiger partial charge in [-0.3, -0.25) is 4.79 Å². The summed E-state index contributed by atoms with van der Waals surface area (Å²) in [7, 11) is 0. The number of carbonyl (C=O) groups is 1. The van der Waals surface area contributed by atoms with E-state index in [-0.39, 0.29) is 5.91 Å². The van der Waals surface area contributed by atoms with Crippen LogP contribution in [0.4, 0.5) is 13.2 Å². The van der Waals surface area contributed by atoms with Crippen LogP contribution in [0.5, 0.6) is 0 Å². The van der Waals surface area contributed by atoms with E-state index in [2.05, 4.69) is 13.8 Å². The second kappa shape index (κ2) is 18.1. The number of hydrogen-bond acceptors (Lipinski definition) is 1. The molecular weight excluding hydrogens is 485 g/mol. The van der Waals surface area contributed by atoms with Gasteiger partial charge in [0.25, 0.3) is 0 Å². The molecule has 2 rings (SSSR count). The first kappa shape index (κ1) is 32.0. The van der Waals surface area contributed by atoms with Crippen molar-refractivity contribution in [2.45, 2.75) is 129 Å². The third-order valence-corrected chi connectivity index (χ3v) is 7.26. The van der Waals surface area contributed by atoms with Gasteiger partial charge in [-0.15, -0.1) is 0 Å². The summed E-state index contributed by atoms with van der Waals surface area (Å²) < 4.78 is 41.4. The van der Waals surface area contributed by atoms with Crippen molar-refractivity contribution < 1.29 is 18.0 Å². The number of alkyl halides is 3. The molecule has 0 aliphatic rings. The molecule has 3 nitrogen and oxygen atoms in total. The first-order chi connectivity index (χ1) is 18.3. The van der Waals surface area contributed by atoms with E-state index in [9.17, 15) is 18.0 Å². The number of amides is 1. The van der Waals surface area contributed by atoms with Crippen molar-refractivity contribution in [1.82, 2.24) is 9.47 Å². The lowest BCUT2D eigenvalue weighted by molar-refractivity contribution is -0.137. The molecule has 38 heavy (non-hydrogen) atoms. The van der Waals surface area contributed by atoms with Gasteiger partial charge in [-0.25, -0.2) is 0 Å². The van der Waals surface area contributed by atoms with Crippen molar-refractivity contribution in [3.8, 4) is 0 Å². The molecule has 214 valence electrons. The second-order valence-corrected chi connectivity index (χ2v) is 10.6. The molecule has 0 spiro atoms. The lowest BCUT2D eigenvalue weighted by Gasteiger charge is -2.24. The number of halogens is 3. The Balaban J connectivity index is 1.84. The van der Waals surface area contributed by atoms with E-state index in [1.165, 1.54) is 69.9 Å². The van der Waals surface area contributed by atoms with E-state index in [0.717, 1.165) is 50.4 Å². The average Bonchev–Trinajstić information content (AvgIpc) is 3.32. The smallest absolute Gasteiger partial charge is 0.345 e. The maximum Gasteiger partial charge on any atom is 0.416 e. The van der Waals surface area contributed by atoms with Crippen LogP contribution in [0.1, 0.15) is 127 Å². The maximum absolute atomic E-state index is 13.1. The fourth-order valence-electron chi connectivity index (χ4n) is 4.93. The summed E-state index contributed by atoms with van der Waals surface area (Å²) in [4.78, 5) is 15.1. The molecule has 0 unspecified atom stereocenters. The van der Waals surface area contributed by atoms with E-state index < -0.39 is 11.7 Å². The van der Waals surface area contributed by atoms with Crippen LogP contribution in [-0.2, 0) is 24.1 Å². The number of rotatable bonds is 20. The number of aromatic nitrogens is 1. The molecule has 0 saturated heterocycles. The van der Waals surface area contributed by atoms with Gasteiger partial charge >= 0.3 is 6.18 Å².